The molecule has 3 heteroatoms. The van der Waals surface area contributed by atoms with Crippen molar-refractivity contribution in [3.63, 3.8) is 0 Å². The van der Waals surface area contributed by atoms with Crippen LogP contribution in [0.1, 0.15) is 42.5 Å². The fourth-order valence-electron chi connectivity index (χ4n) is 7.36. The largest absolute Gasteiger partial charge is 0.442 e. The van der Waals surface area contributed by atoms with Crippen LogP contribution in [0.25, 0.3) is 25.1 Å². The summed E-state index contributed by atoms with van der Waals surface area (Å²) < 4.78 is 8.95. The summed E-state index contributed by atoms with van der Waals surface area (Å²) in [7, 11) is -0.166. The van der Waals surface area contributed by atoms with E-state index in [0.717, 1.165) is 37.5 Å². The second kappa shape index (κ2) is 7.45. The molecule has 34 heavy (non-hydrogen) atoms. The van der Waals surface area contributed by atoms with Gasteiger partial charge in [0.1, 0.15) is 0 Å². The molecule has 1 aromatic heterocycles. The minimum Gasteiger partial charge on any atom is -0.442 e. The first kappa shape index (κ1) is 20.3. The average molecular weight is 464 g/mol. The molecule has 4 aliphatic rings. The monoisotopic (exact) mass is 463 g/mol. The molecule has 0 atom stereocenters. The second-order valence-electron chi connectivity index (χ2n) is 10.5. The van der Waals surface area contributed by atoms with E-state index in [0.29, 0.717) is 17.4 Å². The van der Waals surface area contributed by atoms with Crippen LogP contribution < -0.4 is 0 Å². The maximum atomic E-state index is 13.3. The van der Waals surface area contributed by atoms with Gasteiger partial charge in [0.05, 0.1) is 5.56 Å². The molecule has 0 amide bonds. The van der Waals surface area contributed by atoms with E-state index in [4.69, 9.17) is 11.2 Å². The summed E-state index contributed by atoms with van der Waals surface area (Å²) in [6, 6.07) is 25.3. The first-order chi connectivity index (χ1) is 16.7. The van der Waals surface area contributed by atoms with Crippen LogP contribution in [0.15, 0.2) is 72.8 Å². The van der Waals surface area contributed by atoms with E-state index in [1.807, 2.05) is 12.1 Å². The van der Waals surface area contributed by atoms with Gasteiger partial charge < -0.3 is 4.74 Å². The lowest BCUT2D eigenvalue weighted by molar-refractivity contribution is -0.142. The van der Waals surface area contributed by atoms with Crippen LogP contribution in [0, 0.1) is 36.0 Å². The van der Waals surface area contributed by atoms with E-state index in [2.05, 4.69) is 66.6 Å². The number of rotatable bonds is 3. The quantitative estimate of drug-likeness (QED) is 0.177. The highest BCUT2D eigenvalue weighted by atomic mass is 32.2. The molecule has 0 spiro atoms. The lowest BCUT2D eigenvalue weighted by Crippen LogP contribution is -2.59. The molecule has 0 aliphatic heterocycles. The first-order valence-electron chi connectivity index (χ1n) is 12.4. The molecule has 4 aliphatic carbocycles. The number of ether oxygens (including phenoxy) is 1. The molecule has 4 fully saturated rings. The van der Waals surface area contributed by atoms with Gasteiger partial charge >= 0.3 is 5.97 Å². The molecule has 4 saturated carbocycles. The number of hydrogen-bond acceptors (Lipinski definition) is 2. The van der Waals surface area contributed by atoms with Gasteiger partial charge in [0.15, 0.2) is 19.9 Å². The predicted octanol–water partition coefficient (Wildman–Crippen LogP) is 7.72. The van der Waals surface area contributed by atoms with Crippen LogP contribution in [0.5, 0.6) is 0 Å². The van der Waals surface area contributed by atoms with Gasteiger partial charge in [-0.05, 0) is 92.5 Å². The van der Waals surface area contributed by atoms with Crippen LogP contribution in [0.2, 0.25) is 0 Å². The van der Waals surface area contributed by atoms with E-state index < -0.39 is 5.60 Å². The normalized spacial score (nSPS) is 29.4. The molecule has 168 valence electrons. The predicted molar refractivity (Wildman–Crippen MR) is 139 cm³/mol. The van der Waals surface area contributed by atoms with Crippen molar-refractivity contribution in [3.05, 3.63) is 78.4 Å². The Labute approximate surface area is 202 Å². The van der Waals surface area contributed by atoms with Gasteiger partial charge in [0.25, 0.3) is 0 Å². The molecule has 0 unspecified atom stereocenters. The number of benzene rings is 3. The number of carbonyl (C=O) groups excluding carboxylic acids is 1. The van der Waals surface area contributed by atoms with Gasteiger partial charge in [-0.15, -0.1) is 6.42 Å². The summed E-state index contributed by atoms with van der Waals surface area (Å²) in [6.07, 6.45) is 11.9. The number of thiophene rings is 1. The highest BCUT2D eigenvalue weighted by molar-refractivity contribution is 7.50. The van der Waals surface area contributed by atoms with Crippen molar-refractivity contribution in [1.29, 1.82) is 0 Å². The Morgan fingerprint density at radius 1 is 0.794 bits per heavy atom. The van der Waals surface area contributed by atoms with Crippen molar-refractivity contribution in [1.82, 2.24) is 0 Å². The molecular weight excluding hydrogens is 436 g/mol. The number of fused-ring (bicyclic) bond motifs is 3. The minimum absolute atomic E-state index is 0.166. The van der Waals surface area contributed by atoms with Crippen molar-refractivity contribution in [2.75, 3.05) is 0 Å². The van der Waals surface area contributed by atoms with Gasteiger partial charge in [-0.1, -0.05) is 30.2 Å². The van der Waals surface area contributed by atoms with E-state index in [-0.39, 0.29) is 16.4 Å². The Bertz CT molecular complexity index is 1390. The Hall–Kier alpha value is -3.09. The van der Waals surface area contributed by atoms with Crippen LogP contribution in [-0.2, 0) is 4.74 Å². The summed E-state index contributed by atoms with van der Waals surface area (Å²) in [5, 5.41) is 2.62. The molecule has 0 radical (unpaired) electrons. The van der Waals surface area contributed by atoms with Gasteiger partial charge in [0, 0.05) is 33.1 Å². The lowest BCUT2D eigenvalue weighted by Gasteiger charge is -2.58. The summed E-state index contributed by atoms with van der Waals surface area (Å²) >= 11 is 0. The zero-order valence-electron chi connectivity index (χ0n) is 19.1. The summed E-state index contributed by atoms with van der Waals surface area (Å²) in [5.41, 5.74) is -0.120. The number of terminal acetylenes is 1. The molecule has 4 aromatic rings. The Balaban J connectivity index is 1.22. The average Bonchev–Trinajstić information content (AvgIpc) is 3.20. The Morgan fingerprint density at radius 2 is 1.32 bits per heavy atom. The van der Waals surface area contributed by atoms with Crippen LogP contribution in [-0.4, -0.2) is 11.6 Å². The SMILES string of the molecule is C#CC1(OC(=O)c2ccc(-[s+]3c4ccccc4c4ccccc43)cc2)C2CC3CC(C2)CC1C3. The lowest BCUT2D eigenvalue weighted by atomic mass is 9.50. The fourth-order valence-corrected chi connectivity index (χ4v) is 9.74. The van der Waals surface area contributed by atoms with Gasteiger partial charge in [-0.25, -0.2) is 4.79 Å². The van der Waals surface area contributed by atoms with Gasteiger partial charge in [-0.2, -0.15) is 0 Å². The van der Waals surface area contributed by atoms with Gasteiger partial charge in [-0.3, -0.25) is 0 Å². The van der Waals surface area contributed by atoms with Crippen molar-refractivity contribution in [2.45, 2.75) is 37.7 Å². The van der Waals surface area contributed by atoms with Gasteiger partial charge in [0.2, 0.25) is 0 Å². The standard InChI is InChI=1S/C31H27O2S/c1-2-31(23-16-20-15-21(18-23)19-24(31)17-20)33-30(32)22-11-13-25(14-12-22)34-28-9-5-3-7-26(28)27-8-4-6-10-29(27)34/h1,3-14,20-21,23-24H,15-19H2/q+1. The van der Waals surface area contributed by atoms with Crippen molar-refractivity contribution >= 4 is 36.6 Å². The molecule has 0 saturated heterocycles. The van der Waals surface area contributed by atoms with Crippen molar-refractivity contribution < 1.29 is 9.53 Å². The molecular formula is C31H27O2S+. The highest BCUT2D eigenvalue weighted by Crippen LogP contribution is 2.59. The molecule has 2 nitrogen and oxygen atoms in total. The zero-order chi connectivity index (χ0) is 22.9. The van der Waals surface area contributed by atoms with E-state index in [9.17, 15) is 4.79 Å². The number of carbonyl (C=O) groups is 1. The first-order valence-corrected chi connectivity index (χ1v) is 13.6. The third-order valence-electron chi connectivity index (χ3n) is 8.67. The number of hydrogen-bond donors (Lipinski definition) is 0. The maximum Gasteiger partial charge on any atom is 0.339 e. The van der Waals surface area contributed by atoms with Crippen molar-refractivity contribution in [3.8, 4) is 17.2 Å². The fraction of sp³-hybridized carbons (Fsp3) is 0.323. The minimum atomic E-state index is -0.714. The third-order valence-corrected chi connectivity index (χ3v) is 11.0. The van der Waals surface area contributed by atoms with Crippen LogP contribution in [0.3, 0.4) is 0 Å². The summed E-state index contributed by atoms with van der Waals surface area (Å²) in [4.78, 5) is 14.5. The topological polar surface area (TPSA) is 26.3 Å². The second-order valence-corrected chi connectivity index (χ2v) is 12.4. The molecule has 3 aromatic carbocycles. The Kier molecular flexibility index (Phi) is 4.45. The zero-order valence-corrected chi connectivity index (χ0v) is 19.9. The van der Waals surface area contributed by atoms with E-state index >= 15 is 0 Å². The summed E-state index contributed by atoms with van der Waals surface area (Å²) in [6.45, 7) is 0. The van der Waals surface area contributed by atoms with Crippen molar-refractivity contribution in [2.24, 2.45) is 23.7 Å². The molecule has 1 heterocycles. The van der Waals surface area contributed by atoms with Crippen LogP contribution >= 0.6 is 10.5 Å². The molecule has 8 rings (SSSR count). The third kappa shape index (κ3) is 2.85. The van der Waals surface area contributed by atoms with Crippen LogP contribution in [0.4, 0.5) is 0 Å². The highest BCUT2D eigenvalue weighted by Gasteiger charge is 2.59. The maximum absolute atomic E-state index is 13.3. The molecule has 4 bridgehead atoms. The summed E-state index contributed by atoms with van der Waals surface area (Å²) in [5.74, 6) is 4.93. The van der Waals surface area contributed by atoms with E-state index in [1.165, 1.54) is 31.5 Å². The smallest absolute Gasteiger partial charge is 0.339 e. The Morgan fingerprint density at radius 3 is 1.85 bits per heavy atom. The number of esters is 1. The molecule has 0 N–H and O–H groups in total. The van der Waals surface area contributed by atoms with E-state index in [1.54, 1.807) is 0 Å².